The fourth-order valence-corrected chi connectivity index (χ4v) is 4.63. The van der Waals surface area contributed by atoms with Crippen LogP contribution in [0.25, 0.3) is 0 Å². The SMILES string of the molecule is CCC(O)C(CCN1CCN(C2COc3ccccc3O2)CC1)c1ccccc1OC(F)(F)F. The van der Waals surface area contributed by atoms with Gasteiger partial charge in [0, 0.05) is 37.7 Å². The number of para-hydroxylation sites is 3. The molecule has 2 aromatic carbocycles. The van der Waals surface area contributed by atoms with Crippen LogP contribution in [-0.4, -0.2) is 72.9 Å². The number of ether oxygens (including phenoxy) is 3. The largest absolute Gasteiger partial charge is 0.573 e. The summed E-state index contributed by atoms with van der Waals surface area (Å²) < 4.78 is 54.9. The van der Waals surface area contributed by atoms with E-state index in [0.717, 1.165) is 37.7 Å². The molecule has 2 aliphatic heterocycles. The quantitative estimate of drug-likeness (QED) is 0.610. The van der Waals surface area contributed by atoms with Gasteiger partial charge in [0.05, 0.1) is 6.10 Å². The summed E-state index contributed by atoms with van der Waals surface area (Å²) in [5.74, 6) is 0.810. The third kappa shape index (κ3) is 6.14. The maximum Gasteiger partial charge on any atom is 0.573 e. The Bertz CT molecular complexity index is 934. The third-order valence-corrected chi connectivity index (χ3v) is 6.49. The zero-order chi connectivity index (χ0) is 24.1. The lowest BCUT2D eigenvalue weighted by molar-refractivity contribution is -0.275. The number of benzene rings is 2. The molecule has 34 heavy (non-hydrogen) atoms. The van der Waals surface area contributed by atoms with Crippen LogP contribution < -0.4 is 14.2 Å². The van der Waals surface area contributed by atoms with Crippen molar-refractivity contribution in [3.63, 3.8) is 0 Å². The van der Waals surface area contributed by atoms with Gasteiger partial charge in [0.25, 0.3) is 0 Å². The van der Waals surface area contributed by atoms with E-state index in [1.54, 1.807) is 12.1 Å². The van der Waals surface area contributed by atoms with Gasteiger partial charge >= 0.3 is 6.36 Å². The first kappa shape index (κ1) is 24.6. The lowest BCUT2D eigenvalue weighted by Gasteiger charge is -2.40. The van der Waals surface area contributed by atoms with E-state index in [1.165, 1.54) is 12.1 Å². The number of alkyl halides is 3. The van der Waals surface area contributed by atoms with E-state index in [-0.39, 0.29) is 12.0 Å². The van der Waals surface area contributed by atoms with Crippen LogP contribution in [0.2, 0.25) is 0 Å². The van der Waals surface area contributed by atoms with Crippen LogP contribution in [0, 0.1) is 0 Å². The Labute approximate surface area is 197 Å². The lowest BCUT2D eigenvalue weighted by atomic mass is 9.88. The molecule has 0 saturated carbocycles. The number of halogens is 3. The average Bonchev–Trinajstić information content (AvgIpc) is 2.84. The second-order valence-electron chi connectivity index (χ2n) is 8.66. The lowest BCUT2D eigenvalue weighted by Crippen LogP contribution is -2.54. The van der Waals surface area contributed by atoms with Gasteiger partial charge in [-0.1, -0.05) is 37.3 Å². The number of fused-ring (bicyclic) bond motifs is 1. The molecular weight excluding hydrogens is 449 g/mol. The minimum absolute atomic E-state index is 0.141. The van der Waals surface area contributed by atoms with Gasteiger partial charge in [0.15, 0.2) is 17.7 Å². The summed E-state index contributed by atoms with van der Waals surface area (Å²) in [6.07, 6.45) is -4.70. The molecule has 0 amide bonds. The Hall–Kier alpha value is -2.49. The van der Waals surface area contributed by atoms with Crippen molar-refractivity contribution in [1.29, 1.82) is 0 Å². The molecule has 9 heteroatoms. The number of hydrogen-bond donors (Lipinski definition) is 1. The molecule has 1 fully saturated rings. The molecule has 2 heterocycles. The molecule has 2 aromatic rings. The van der Waals surface area contributed by atoms with Crippen molar-refractivity contribution < 1.29 is 32.5 Å². The first-order chi connectivity index (χ1) is 16.3. The minimum atomic E-state index is -4.78. The summed E-state index contributed by atoms with van der Waals surface area (Å²) in [4.78, 5) is 4.52. The summed E-state index contributed by atoms with van der Waals surface area (Å²) in [5.41, 5.74) is 0.388. The Balaban J connectivity index is 1.34. The average molecular weight is 481 g/mol. The molecule has 0 aliphatic carbocycles. The molecule has 1 saturated heterocycles. The van der Waals surface area contributed by atoms with Gasteiger partial charge in [0.2, 0.25) is 0 Å². The molecule has 4 rings (SSSR count). The Morgan fingerprint density at radius 3 is 2.41 bits per heavy atom. The predicted molar refractivity (Wildman–Crippen MR) is 121 cm³/mol. The fraction of sp³-hybridized carbons (Fsp3) is 0.520. The first-order valence-electron chi connectivity index (χ1n) is 11.7. The van der Waals surface area contributed by atoms with Crippen molar-refractivity contribution in [2.24, 2.45) is 0 Å². The van der Waals surface area contributed by atoms with Gasteiger partial charge in [-0.25, -0.2) is 0 Å². The normalized spacial score (nSPS) is 21.1. The summed E-state index contributed by atoms with van der Waals surface area (Å²) in [5, 5.41) is 10.6. The molecule has 0 aromatic heterocycles. The third-order valence-electron chi connectivity index (χ3n) is 6.49. The predicted octanol–water partition coefficient (Wildman–Crippen LogP) is 4.24. The first-order valence-corrected chi connectivity index (χ1v) is 11.7. The second kappa shape index (κ2) is 10.8. The van der Waals surface area contributed by atoms with Crippen LogP contribution in [-0.2, 0) is 0 Å². The second-order valence-corrected chi connectivity index (χ2v) is 8.66. The van der Waals surface area contributed by atoms with E-state index in [2.05, 4.69) is 14.5 Å². The molecule has 0 spiro atoms. The maximum atomic E-state index is 12.9. The van der Waals surface area contributed by atoms with E-state index in [0.29, 0.717) is 31.6 Å². The van der Waals surface area contributed by atoms with Crippen LogP contribution in [0.1, 0.15) is 31.2 Å². The van der Waals surface area contributed by atoms with Gasteiger partial charge in [-0.15, -0.1) is 13.2 Å². The number of aliphatic hydroxyl groups is 1. The zero-order valence-electron chi connectivity index (χ0n) is 19.2. The Morgan fingerprint density at radius 2 is 1.71 bits per heavy atom. The van der Waals surface area contributed by atoms with E-state index in [9.17, 15) is 18.3 Å². The van der Waals surface area contributed by atoms with Crippen molar-refractivity contribution in [2.75, 3.05) is 39.3 Å². The number of aliphatic hydroxyl groups excluding tert-OH is 1. The Kier molecular flexibility index (Phi) is 7.85. The van der Waals surface area contributed by atoms with Crippen LogP contribution >= 0.6 is 0 Å². The van der Waals surface area contributed by atoms with Crippen molar-refractivity contribution in [1.82, 2.24) is 9.80 Å². The number of rotatable bonds is 8. The number of hydrogen-bond acceptors (Lipinski definition) is 6. The smallest absolute Gasteiger partial charge is 0.484 e. The molecule has 6 nitrogen and oxygen atoms in total. The van der Waals surface area contributed by atoms with Crippen LogP contribution in [0.4, 0.5) is 13.2 Å². The van der Waals surface area contributed by atoms with Crippen molar-refractivity contribution >= 4 is 0 Å². The highest BCUT2D eigenvalue weighted by Crippen LogP contribution is 2.36. The standard InChI is InChI=1S/C25H31F3N2O4/c1-2-20(31)18(19-7-3-4-8-21(19)34-25(26,27)28)11-12-29-13-15-30(16-14-29)24-17-32-22-9-5-6-10-23(22)33-24/h3-10,18,20,24,31H,2,11-17H2,1H3. The van der Waals surface area contributed by atoms with Gasteiger partial charge in [-0.3, -0.25) is 4.90 Å². The van der Waals surface area contributed by atoms with Gasteiger partial charge < -0.3 is 24.2 Å². The summed E-state index contributed by atoms with van der Waals surface area (Å²) in [7, 11) is 0. The number of piperazine rings is 1. The maximum absolute atomic E-state index is 12.9. The van der Waals surface area contributed by atoms with Crippen LogP contribution in [0.5, 0.6) is 17.2 Å². The highest BCUT2D eigenvalue weighted by Gasteiger charge is 2.34. The van der Waals surface area contributed by atoms with Crippen molar-refractivity contribution in [3.05, 3.63) is 54.1 Å². The van der Waals surface area contributed by atoms with Crippen molar-refractivity contribution in [2.45, 2.75) is 44.4 Å². The molecule has 186 valence electrons. The van der Waals surface area contributed by atoms with Gasteiger partial charge in [-0.2, -0.15) is 0 Å². The van der Waals surface area contributed by atoms with E-state index in [4.69, 9.17) is 9.47 Å². The molecule has 3 atom stereocenters. The molecular formula is C25H31F3N2O4. The summed E-state index contributed by atoms with van der Waals surface area (Å²) in [6.45, 7) is 6.16. The highest BCUT2D eigenvalue weighted by molar-refractivity contribution is 5.40. The van der Waals surface area contributed by atoms with Crippen LogP contribution in [0.3, 0.4) is 0 Å². The molecule has 1 N–H and O–H groups in total. The molecule has 2 aliphatic rings. The van der Waals surface area contributed by atoms with Gasteiger partial charge in [-0.05, 0) is 37.6 Å². The summed E-state index contributed by atoms with van der Waals surface area (Å²) in [6, 6.07) is 13.7. The minimum Gasteiger partial charge on any atom is -0.484 e. The Morgan fingerprint density at radius 1 is 1.03 bits per heavy atom. The number of nitrogens with zero attached hydrogens (tertiary/aromatic N) is 2. The van der Waals surface area contributed by atoms with E-state index < -0.39 is 18.4 Å². The van der Waals surface area contributed by atoms with Gasteiger partial charge in [0.1, 0.15) is 12.4 Å². The fourth-order valence-electron chi connectivity index (χ4n) is 4.63. The van der Waals surface area contributed by atoms with Crippen molar-refractivity contribution in [3.8, 4) is 17.2 Å². The highest BCUT2D eigenvalue weighted by atomic mass is 19.4. The monoisotopic (exact) mass is 480 g/mol. The molecule has 0 bridgehead atoms. The topological polar surface area (TPSA) is 54.4 Å². The van der Waals surface area contributed by atoms with E-state index in [1.807, 2.05) is 31.2 Å². The van der Waals surface area contributed by atoms with E-state index >= 15 is 0 Å². The summed E-state index contributed by atoms with van der Waals surface area (Å²) >= 11 is 0. The molecule has 0 radical (unpaired) electrons. The zero-order valence-corrected chi connectivity index (χ0v) is 19.2. The molecule has 3 unspecified atom stereocenters. The van der Waals surface area contributed by atoms with Crippen LogP contribution in [0.15, 0.2) is 48.5 Å².